The van der Waals surface area contributed by atoms with Gasteiger partial charge in [-0.1, -0.05) is 37.3 Å². The first kappa shape index (κ1) is 14.1. The van der Waals surface area contributed by atoms with E-state index in [1.807, 2.05) is 0 Å². The maximum absolute atomic E-state index is 5.86. The first-order chi connectivity index (χ1) is 9.86. The second-order valence-corrected chi connectivity index (χ2v) is 6.55. The summed E-state index contributed by atoms with van der Waals surface area (Å²) < 4.78 is 5.86. The van der Waals surface area contributed by atoms with Gasteiger partial charge in [0.2, 0.25) is 0 Å². The lowest BCUT2D eigenvalue weighted by atomic mass is 9.76. The summed E-state index contributed by atoms with van der Waals surface area (Å²) >= 11 is 0. The van der Waals surface area contributed by atoms with Crippen LogP contribution in [-0.4, -0.2) is 26.3 Å². The molecule has 20 heavy (non-hydrogen) atoms. The molecule has 0 radical (unpaired) electrons. The van der Waals surface area contributed by atoms with Gasteiger partial charge in [-0.3, -0.25) is 0 Å². The Bertz CT molecular complexity index is 411. The molecule has 1 aromatic rings. The molecule has 1 saturated heterocycles. The number of hydrogen-bond donors (Lipinski definition) is 1. The fourth-order valence-corrected chi connectivity index (χ4v) is 3.89. The van der Waals surface area contributed by atoms with Crippen molar-refractivity contribution in [1.29, 1.82) is 0 Å². The molecule has 1 aliphatic carbocycles. The van der Waals surface area contributed by atoms with Crippen molar-refractivity contribution >= 4 is 0 Å². The van der Waals surface area contributed by atoms with Crippen LogP contribution in [0.25, 0.3) is 0 Å². The van der Waals surface area contributed by atoms with Crippen LogP contribution in [-0.2, 0) is 4.74 Å². The molecule has 2 heteroatoms. The van der Waals surface area contributed by atoms with E-state index >= 15 is 0 Å². The van der Waals surface area contributed by atoms with Crippen molar-refractivity contribution in [2.24, 2.45) is 11.3 Å². The number of ether oxygens (including phenoxy) is 1. The zero-order valence-corrected chi connectivity index (χ0v) is 12.6. The largest absolute Gasteiger partial charge is 0.381 e. The Balaban J connectivity index is 1.68. The fraction of sp³-hybridized carbons (Fsp3) is 0.667. The molecule has 0 amide bonds. The van der Waals surface area contributed by atoms with E-state index in [1.165, 1.54) is 31.2 Å². The van der Waals surface area contributed by atoms with Gasteiger partial charge in [-0.15, -0.1) is 0 Å². The molecule has 2 aliphatic rings. The molecular formula is C18H27NO. The molecule has 0 spiro atoms. The predicted octanol–water partition coefficient (Wildman–Crippen LogP) is 3.59. The van der Waals surface area contributed by atoms with Gasteiger partial charge in [0, 0.05) is 18.6 Å². The first-order valence-electron chi connectivity index (χ1n) is 8.19. The van der Waals surface area contributed by atoms with E-state index in [0.717, 1.165) is 38.1 Å². The molecule has 1 heterocycles. The lowest BCUT2D eigenvalue weighted by Crippen LogP contribution is -2.43. The van der Waals surface area contributed by atoms with Crippen LogP contribution in [0.15, 0.2) is 30.3 Å². The Hall–Kier alpha value is -0.860. The minimum atomic E-state index is 0.383. The van der Waals surface area contributed by atoms with Gasteiger partial charge in [-0.25, -0.2) is 0 Å². The Morgan fingerprint density at radius 1 is 1.30 bits per heavy atom. The summed E-state index contributed by atoms with van der Waals surface area (Å²) in [6, 6.07) is 11.0. The quantitative estimate of drug-likeness (QED) is 0.800. The summed E-state index contributed by atoms with van der Waals surface area (Å²) in [5.41, 5.74) is 1.91. The molecular weight excluding hydrogens is 246 g/mol. The fourth-order valence-electron chi connectivity index (χ4n) is 3.89. The van der Waals surface area contributed by atoms with Crippen molar-refractivity contribution in [3.8, 4) is 0 Å². The van der Waals surface area contributed by atoms with Crippen LogP contribution >= 0.6 is 0 Å². The van der Waals surface area contributed by atoms with Crippen LogP contribution in [0.5, 0.6) is 0 Å². The molecule has 1 N–H and O–H groups in total. The summed E-state index contributed by atoms with van der Waals surface area (Å²) in [5.74, 6) is 1.58. The average Bonchev–Trinajstić information content (AvgIpc) is 3.31. The molecule has 2 fully saturated rings. The number of benzene rings is 1. The lowest BCUT2D eigenvalue weighted by Gasteiger charge is -2.38. The zero-order chi connectivity index (χ0) is 13.8. The molecule has 0 aromatic heterocycles. The van der Waals surface area contributed by atoms with Gasteiger partial charge in [-0.2, -0.15) is 0 Å². The minimum absolute atomic E-state index is 0.383. The van der Waals surface area contributed by atoms with Gasteiger partial charge in [0.15, 0.2) is 0 Å². The molecule has 0 bridgehead atoms. The van der Waals surface area contributed by atoms with E-state index in [1.54, 1.807) is 0 Å². The molecule has 1 saturated carbocycles. The third kappa shape index (κ3) is 2.91. The summed E-state index contributed by atoms with van der Waals surface area (Å²) in [5, 5.41) is 3.66. The van der Waals surface area contributed by atoms with Crippen molar-refractivity contribution in [3.63, 3.8) is 0 Å². The van der Waals surface area contributed by atoms with Crippen molar-refractivity contribution < 1.29 is 4.74 Å². The Kier molecular flexibility index (Phi) is 4.42. The van der Waals surface area contributed by atoms with Gasteiger partial charge in [0.1, 0.15) is 0 Å². The van der Waals surface area contributed by atoms with Gasteiger partial charge in [0.05, 0.1) is 6.61 Å². The highest BCUT2D eigenvalue weighted by Gasteiger charge is 2.53. The van der Waals surface area contributed by atoms with Crippen molar-refractivity contribution in [3.05, 3.63) is 35.9 Å². The van der Waals surface area contributed by atoms with E-state index in [4.69, 9.17) is 4.74 Å². The summed E-state index contributed by atoms with van der Waals surface area (Å²) in [6.07, 6.45) is 5.12. The highest BCUT2D eigenvalue weighted by atomic mass is 16.5. The lowest BCUT2D eigenvalue weighted by molar-refractivity contribution is -0.0211. The monoisotopic (exact) mass is 273 g/mol. The number of rotatable bonds is 6. The third-order valence-electron chi connectivity index (χ3n) is 5.06. The van der Waals surface area contributed by atoms with E-state index in [2.05, 4.69) is 42.6 Å². The van der Waals surface area contributed by atoms with Crippen LogP contribution < -0.4 is 5.32 Å². The SMILES string of the molecule is CCCNCC1(C2CC2c2ccccc2)CCCOC1. The average molecular weight is 273 g/mol. The second-order valence-electron chi connectivity index (χ2n) is 6.55. The Morgan fingerprint density at radius 2 is 2.15 bits per heavy atom. The van der Waals surface area contributed by atoms with Crippen molar-refractivity contribution in [2.45, 2.75) is 38.5 Å². The molecule has 1 aliphatic heterocycles. The van der Waals surface area contributed by atoms with Crippen molar-refractivity contribution in [1.82, 2.24) is 5.32 Å². The number of hydrogen-bond acceptors (Lipinski definition) is 2. The van der Waals surface area contributed by atoms with Crippen LogP contribution in [0.4, 0.5) is 0 Å². The highest BCUT2D eigenvalue weighted by molar-refractivity contribution is 5.27. The van der Waals surface area contributed by atoms with E-state index in [-0.39, 0.29) is 0 Å². The van der Waals surface area contributed by atoms with Crippen LogP contribution in [0, 0.1) is 11.3 Å². The number of nitrogens with one attached hydrogen (secondary N) is 1. The van der Waals surface area contributed by atoms with E-state index < -0.39 is 0 Å². The summed E-state index contributed by atoms with van der Waals surface area (Å²) in [4.78, 5) is 0. The molecule has 3 atom stereocenters. The molecule has 110 valence electrons. The molecule has 2 nitrogen and oxygen atoms in total. The van der Waals surface area contributed by atoms with E-state index in [0.29, 0.717) is 5.41 Å². The predicted molar refractivity (Wildman–Crippen MR) is 82.9 cm³/mol. The van der Waals surface area contributed by atoms with E-state index in [9.17, 15) is 0 Å². The smallest absolute Gasteiger partial charge is 0.0537 e. The first-order valence-corrected chi connectivity index (χ1v) is 8.19. The highest BCUT2D eigenvalue weighted by Crippen LogP contribution is 2.59. The minimum Gasteiger partial charge on any atom is -0.381 e. The van der Waals surface area contributed by atoms with Crippen LogP contribution in [0.2, 0.25) is 0 Å². The van der Waals surface area contributed by atoms with Gasteiger partial charge < -0.3 is 10.1 Å². The van der Waals surface area contributed by atoms with Crippen LogP contribution in [0.3, 0.4) is 0 Å². The van der Waals surface area contributed by atoms with Crippen molar-refractivity contribution in [2.75, 3.05) is 26.3 Å². The molecule has 3 unspecified atom stereocenters. The summed E-state index contributed by atoms with van der Waals surface area (Å²) in [6.45, 7) is 6.41. The third-order valence-corrected chi connectivity index (χ3v) is 5.06. The summed E-state index contributed by atoms with van der Waals surface area (Å²) in [7, 11) is 0. The Labute approximate surface area is 122 Å². The van der Waals surface area contributed by atoms with Gasteiger partial charge >= 0.3 is 0 Å². The van der Waals surface area contributed by atoms with Gasteiger partial charge in [0.25, 0.3) is 0 Å². The second kappa shape index (κ2) is 6.28. The normalized spacial score (nSPS) is 33.0. The maximum atomic E-state index is 5.86. The molecule has 3 rings (SSSR count). The molecule has 1 aromatic carbocycles. The maximum Gasteiger partial charge on any atom is 0.0537 e. The van der Waals surface area contributed by atoms with Gasteiger partial charge in [-0.05, 0) is 49.6 Å². The topological polar surface area (TPSA) is 21.3 Å². The Morgan fingerprint density at radius 3 is 2.85 bits per heavy atom. The standard InChI is InChI=1S/C18H27NO/c1-2-10-19-13-18(9-6-11-20-14-18)17-12-16(17)15-7-4-3-5-8-15/h3-5,7-8,16-17,19H,2,6,9-14H2,1H3. The zero-order valence-electron chi connectivity index (χ0n) is 12.6. The van der Waals surface area contributed by atoms with Crippen LogP contribution in [0.1, 0.15) is 44.1 Å².